The quantitative estimate of drug-likeness (QED) is 0.382. The molecule has 27 heavy (non-hydrogen) atoms. The average Bonchev–Trinajstić information content (AvgIpc) is 2.65. The zero-order chi connectivity index (χ0) is 20.0. The molecule has 0 spiro atoms. The Hall–Kier alpha value is -2.48. The number of nitrogens with zero attached hydrogens (tertiary/aromatic N) is 1. The predicted molar refractivity (Wildman–Crippen MR) is 97.9 cm³/mol. The molecule has 2 unspecified atom stereocenters. The first-order chi connectivity index (χ1) is 12.8. The summed E-state index contributed by atoms with van der Waals surface area (Å²) in [7, 11) is 0. The van der Waals surface area contributed by atoms with E-state index in [9.17, 15) is 23.5 Å². The van der Waals surface area contributed by atoms with Crippen molar-refractivity contribution in [2.24, 2.45) is 0 Å². The Bertz CT molecular complexity index is 724. The topological polar surface area (TPSA) is 95.7 Å². The number of rotatable bonds is 7. The maximum atomic E-state index is 14.1. The molecule has 6 nitrogen and oxygen atoms in total. The second-order valence-electron chi connectivity index (χ2n) is 6.59. The number of aliphatic hydroxyl groups is 1. The van der Waals surface area contributed by atoms with Gasteiger partial charge in [-0.2, -0.15) is 0 Å². The molecule has 0 saturated carbocycles. The van der Waals surface area contributed by atoms with Gasteiger partial charge in [-0.05, 0) is 18.6 Å². The molecule has 1 aliphatic rings. The van der Waals surface area contributed by atoms with Crippen molar-refractivity contribution in [3.8, 4) is 0 Å². The highest BCUT2D eigenvalue weighted by atomic mass is 19.1. The number of unbranched alkanes of at least 4 members (excludes halogenated alkanes) is 2. The van der Waals surface area contributed by atoms with Crippen molar-refractivity contribution in [1.82, 2.24) is 10.2 Å². The van der Waals surface area contributed by atoms with Gasteiger partial charge in [0.2, 0.25) is 5.91 Å². The summed E-state index contributed by atoms with van der Waals surface area (Å²) < 4.78 is 28.0. The van der Waals surface area contributed by atoms with Crippen LogP contribution in [-0.2, 0) is 4.79 Å². The van der Waals surface area contributed by atoms with Crippen molar-refractivity contribution in [3.05, 3.63) is 41.5 Å². The minimum Gasteiger partial charge on any atom is -0.396 e. The number of carbonyl (C=O) groups excluding carboxylic acids is 2. The van der Waals surface area contributed by atoms with Crippen LogP contribution in [0.1, 0.15) is 43.0 Å². The van der Waals surface area contributed by atoms with Crippen molar-refractivity contribution >= 4 is 17.5 Å². The van der Waals surface area contributed by atoms with Gasteiger partial charge in [-0.3, -0.25) is 9.59 Å². The number of carbonyl (C=O) groups is 2. The Morgan fingerprint density at radius 2 is 2.11 bits per heavy atom. The lowest BCUT2D eigenvalue weighted by Gasteiger charge is -2.30. The lowest BCUT2D eigenvalue weighted by atomic mass is 10.1. The Morgan fingerprint density at radius 3 is 2.81 bits per heavy atom. The molecule has 0 saturated heterocycles. The molecule has 148 valence electrons. The van der Waals surface area contributed by atoms with E-state index in [1.165, 1.54) is 4.90 Å². The first kappa shape index (κ1) is 20.8. The van der Waals surface area contributed by atoms with Crippen molar-refractivity contribution in [2.45, 2.75) is 44.8 Å². The molecule has 4 N–H and O–H groups in total. The van der Waals surface area contributed by atoms with Gasteiger partial charge in [0.25, 0.3) is 5.91 Å². The largest absolute Gasteiger partial charge is 0.396 e. The standard InChI is InChI=1S/C19H25F2N3O3/c1-2-3-4-7-15(25)18(26)23-12-6-5-10-24(11-12)19(27)16-13(20)8-9-14(22)17(16)21/h5-6,8-9,12,15,25H,2-4,7,10-11,22H2,1H3,(H,23,26). The Balaban J connectivity index is 2.01. The van der Waals surface area contributed by atoms with Crippen molar-refractivity contribution in [1.29, 1.82) is 0 Å². The van der Waals surface area contributed by atoms with Crippen LogP contribution < -0.4 is 11.1 Å². The van der Waals surface area contributed by atoms with E-state index in [0.717, 1.165) is 31.4 Å². The molecule has 0 aromatic heterocycles. The number of nitrogens with one attached hydrogen (secondary N) is 1. The summed E-state index contributed by atoms with van der Waals surface area (Å²) in [5, 5.41) is 12.5. The van der Waals surface area contributed by atoms with Crippen LogP contribution >= 0.6 is 0 Å². The van der Waals surface area contributed by atoms with Crippen LogP contribution in [0.2, 0.25) is 0 Å². The molecule has 1 aromatic rings. The Kier molecular flexibility index (Phi) is 7.29. The predicted octanol–water partition coefficient (Wildman–Crippen LogP) is 1.98. The van der Waals surface area contributed by atoms with E-state index in [1.807, 2.05) is 6.92 Å². The van der Waals surface area contributed by atoms with Gasteiger partial charge in [-0.1, -0.05) is 38.3 Å². The number of hydrogen-bond donors (Lipinski definition) is 3. The van der Waals surface area contributed by atoms with Crippen LogP contribution in [0.5, 0.6) is 0 Å². The van der Waals surface area contributed by atoms with Crippen LogP contribution in [0.15, 0.2) is 24.3 Å². The molecular formula is C19H25F2N3O3. The fourth-order valence-electron chi connectivity index (χ4n) is 2.91. The number of amides is 2. The average molecular weight is 381 g/mol. The Labute approximate surface area is 157 Å². The fraction of sp³-hybridized carbons (Fsp3) is 0.474. The highest BCUT2D eigenvalue weighted by molar-refractivity contribution is 5.96. The zero-order valence-corrected chi connectivity index (χ0v) is 15.3. The van der Waals surface area contributed by atoms with Gasteiger partial charge in [-0.15, -0.1) is 0 Å². The summed E-state index contributed by atoms with van der Waals surface area (Å²) in [5.74, 6) is -3.46. The van der Waals surface area contributed by atoms with Crippen LogP contribution in [0, 0.1) is 11.6 Å². The van der Waals surface area contributed by atoms with E-state index >= 15 is 0 Å². The molecule has 2 rings (SSSR count). The summed E-state index contributed by atoms with van der Waals surface area (Å²) in [6, 6.07) is 1.45. The van der Waals surface area contributed by atoms with Crippen molar-refractivity contribution < 1.29 is 23.5 Å². The van der Waals surface area contributed by atoms with Crippen LogP contribution in [0.4, 0.5) is 14.5 Å². The van der Waals surface area contributed by atoms with E-state index < -0.39 is 41.2 Å². The minimum atomic E-state index is -1.13. The monoisotopic (exact) mass is 381 g/mol. The number of aliphatic hydroxyl groups excluding tert-OH is 1. The molecule has 2 atom stereocenters. The molecule has 2 amide bonds. The van der Waals surface area contributed by atoms with Crippen molar-refractivity contribution in [3.63, 3.8) is 0 Å². The van der Waals surface area contributed by atoms with Gasteiger partial charge in [0.15, 0.2) is 5.82 Å². The molecule has 0 bridgehead atoms. The first-order valence-corrected chi connectivity index (χ1v) is 9.03. The van der Waals surface area contributed by atoms with E-state index in [0.29, 0.717) is 6.42 Å². The fourth-order valence-corrected chi connectivity index (χ4v) is 2.91. The van der Waals surface area contributed by atoms with Gasteiger partial charge in [0, 0.05) is 13.1 Å². The van der Waals surface area contributed by atoms with Gasteiger partial charge in [0.05, 0.1) is 11.7 Å². The van der Waals surface area contributed by atoms with Gasteiger partial charge < -0.3 is 21.1 Å². The molecule has 1 aromatic carbocycles. The maximum absolute atomic E-state index is 14.1. The lowest BCUT2D eigenvalue weighted by molar-refractivity contribution is -0.130. The highest BCUT2D eigenvalue weighted by Crippen LogP contribution is 2.21. The Morgan fingerprint density at radius 1 is 1.37 bits per heavy atom. The third kappa shape index (κ3) is 5.26. The third-order valence-corrected chi connectivity index (χ3v) is 4.44. The molecule has 1 heterocycles. The number of nitrogens with two attached hydrogens (primary N) is 1. The van der Waals surface area contributed by atoms with E-state index in [4.69, 9.17) is 5.73 Å². The minimum absolute atomic E-state index is 0.0381. The molecule has 0 fully saturated rings. The molecule has 8 heteroatoms. The summed E-state index contributed by atoms with van der Waals surface area (Å²) >= 11 is 0. The second kappa shape index (κ2) is 9.45. The number of halogens is 2. The first-order valence-electron chi connectivity index (χ1n) is 9.03. The molecule has 1 aliphatic heterocycles. The van der Waals surface area contributed by atoms with Gasteiger partial charge in [-0.25, -0.2) is 8.78 Å². The number of benzene rings is 1. The summed E-state index contributed by atoms with van der Waals surface area (Å²) in [6.07, 6.45) is 5.19. The smallest absolute Gasteiger partial charge is 0.260 e. The zero-order valence-electron chi connectivity index (χ0n) is 15.3. The van der Waals surface area contributed by atoms with Crippen LogP contribution in [0.25, 0.3) is 0 Å². The normalized spacial score (nSPS) is 17.6. The summed E-state index contributed by atoms with van der Waals surface area (Å²) in [5.41, 5.74) is 4.40. The van der Waals surface area contributed by atoms with E-state index in [2.05, 4.69) is 5.32 Å². The number of nitrogen functional groups attached to an aromatic ring is 1. The molecule has 0 radical (unpaired) electrons. The second-order valence-corrected chi connectivity index (χ2v) is 6.59. The van der Waals surface area contributed by atoms with Crippen LogP contribution in [-0.4, -0.2) is 47.1 Å². The maximum Gasteiger partial charge on any atom is 0.260 e. The molecular weight excluding hydrogens is 356 g/mol. The lowest BCUT2D eigenvalue weighted by Crippen LogP contribution is -2.49. The van der Waals surface area contributed by atoms with Gasteiger partial charge in [0.1, 0.15) is 17.5 Å². The molecule has 0 aliphatic carbocycles. The summed E-state index contributed by atoms with van der Waals surface area (Å²) in [6.45, 7) is 2.21. The third-order valence-electron chi connectivity index (χ3n) is 4.44. The SMILES string of the molecule is CCCCCC(O)C(=O)NC1C=CCN(C(=O)c2c(F)ccc(N)c2F)C1. The van der Waals surface area contributed by atoms with Crippen molar-refractivity contribution in [2.75, 3.05) is 18.8 Å². The number of hydrogen-bond acceptors (Lipinski definition) is 4. The van der Waals surface area contributed by atoms with E-state index in [-0.39, 0.29) is 18.8 Å². The summed E-state index contributed by atoms with van der Waals surface area (Å²) in [4.78, 5) is 25.8. The highest BCUT2D eigenvalue weighted by Gasteiger charge is 2.28. The van der Waals surface area contributed by atoms with Crippen LogP contribution in [0.3, 0.4) is 0 Å². The number of anilines is 1. The van der Waals surface area contributed by atoms with E-state index in [1.54, 1.807) is 12.2 Å². The van der Waals surface area contributed by atoms with Gasteiger partial charge >= 0.3 is 0 Å².